The lowest BCUT2D eigenvalue weighted by atomic mass is 10.1. The second-order valence-corrected chi connectivity index (χ2v) is 5.69. The van der Waals surface area contributed by atoms with Crippen LogP contribution < -0.4 is 15.2 Å². The molecule has 0 radical (unpaired) electrons. The summed E-state index contributed by atoms with van der Waals surface area (Å²) >= 11 is 5.95. The van der Waals surface area contributed by atoms with Crippen molar-refractivity contribution in [3.63, 3.8) is 0 Å². The zero-order valence-corrected chi connectivity index (χ0v) is 14.6. The summed E-state index contributed by atoms with van der Waals surface area (Å²) in [5.74, 6) is 0.582. The molecule has 5 nitrogen and oxygen atoms in total. The van der Waals surface area contributed by atoms with Gasteiger partial charge in [0.2, 0.25) is 0 Å². The summed E-state index contributed by atoms with van der Waals surface area (Å²) in [4.78, 5) is 12.2. The highest BCUT2D eigenvalue weighted by molar-refractivity contribution is 6.33. The molecule has 0 aromatic heterocycles. The second kappa shape index (κ2) is 7.93. The number of carbonyl (C=O) groups excluding carboxylic acids is 1. The van der Waals surface area contributed by atoms with Crippen LogP contribution in [0.15, 0.2) is 30.3 Å². The Morgan fingerprint density at radius 1 is 1.17 bits per heavy atom. The maximum absolute atomic E-state index is 12.2. The van der Waals surface area contributed by atoms with E-state index in [2.05, 4.69) is 0 Å². The summed E-state index contributed by atoms with van der Waals surface area (Å²) < 4.78 is 16.1. The van der Waals surface area contributed by atoms with Crippen LogP contribution in [0.5, 0.6) is 11.5 Å². The fourth-order valence-electron chi connectivity index (χ4n) is 2.28. The minimum atomic E-state index is -0.543. The maximum atomic E-state index is 12.2. The minimum absolute atomic E-state index is 0.109. The van der Waals surface area contributed by atoms with Gasteiger partial charge in [-0.1, -0.05) is 29.8 Å². The van der Waals surface area contributed by atoms with Gasteiger partial charge >= 0.3 is 5.97 Å². The first-order chi connectivity index (χ1) is 11.4. The van der Waals surface area contributed by atoms with Gasteiger partial charge in [0.15, 0.2) is 0 Å². The van der Waals surface area contributed by atoms with Gasteiger partial charge in [-0.2, -0.15) is 0 Å². The topological polar surface area (TPSA) is 70.8 Å². The Labute approximate surface area is 146 Å². The van der Waals surface area contributed by atoms with E-state index < -0.39 is 5.97 Å². The lowest BCUT2D eigenvalue weighted by Gasteiger charge is -2.13. The number of benzene rings is 2. The smallest absolute Gasteiger partial charge is 0.342 e. The number of carbonyl (C=O) groups is 1. The Bertz CT molecular complexity index is 726. The van der Waals surface area contributed by atoms with Crippen molar-refractivity contribution in [3.8, 4) is 11.5 Å². The van der Waals surface area contributed by atoms with Crippen molar-refractivity contribution < 1.29 is 19.0 Å². The van der Waals surface area contributed by atoms with Crippen molar-refractivity contribution in [2.24, 2.45) is 0 Å². The summed E-state index contributed by atoms with van der Waals surface area (Å²) in [6.45, 7) is 4.30. The maximum Gasteiger partial charge on any atom is 0.342 e. The number of hydrogen-bond donors (Lipinski definition) is 1. The first-order valence-corrected chi connectivity index (χ1v) is 7.81. The number of para-hydroxylation sites is 1. The molecule has 0 spiro atoms. The fourth-order valence-corrected chi connectivity index (χ4v) is 2.44. The van der Waals surface area contributed by atoms with Gasteiger partial charge in [-0.05, 0) is 31.0 Å². The molecule has 128 valence electrons. The average molecular weight is 350 g/mol. The van der Waals surface area contributed by atoms with Crippen molar-refractivity contribution in [2.75, 3.05) is 26.1 Å². The van der Waals surface area contributed by atoms with E-state index in [1.807, 2.05) is 32.0 Å². The Hall–Kier alpha value is -2.40. The van der Waals surface area contributed by atoms with Crippen LogP contribution in [-0.2, 0) is 4.74 Å². The number of esters is 1. The molecule has 0 saturated heterocycles. The third-order valence-electron chi connectivity index (χ3n) is 3.51. The monoisotopic (exact) mass is 349 g/mol. The van der Waals surface area contributed by atoms with Gasteiger partial charge in [-0.25, -0.2) is 4.79 Å². The van der Waals surface area contributed by atoms with Crippen molar-refractivity contribution in [1.82, 2.24) is 0 Å². The molecule has 6 heteroatoms. The molecule has 2 aromatic carbocycles. The molecule has 0 aliphatic carbocycles. The SMILES string of the molecule is COc1cc(N)c(Cl)cc1C(=O)OCCOc1c(C)cccc1C. The molecule has 0 aliphatic heterocycles. The Morgan fingerprint density at radius 3 is 2.46 bits per heavy atom. The summed E-state index contributed by atoms with van der Waals surface area (Å²) in [6.07, 6.45) is 0. The third kappa shape index (κ3) is 4.11. The van der Waals surface area contributed by atoms with Crippen molar-refractivity contribution in [3.05, 3.63) is 52.0 Å². The molecule has 2 rings (SSSR count). The number of methoxy groups -OCH3 is 1. The molecule has 2 N–H and O–H groups in total. The molecule has 0 unspecified atom stereocenters. The quantitative estimate of drug-likeness (QED) is 0.488. The van der Waals surface area contributed by atoms with E-state index in [1.54, 1.807) is 0 Å². The predicted octanol–water partition coefficient (Wildman–Crippen LogP) is 3.78. The molecule has 0 atom stereocenters. The third-order valence-corrected chi connectivity index (χ3v) is 3.84. The number of nitrogen functional groups attached to an aromatic ring is 1. The molecule has 2 aromatic rings. The van der Waals surface area contributed by atoms with E-state index in [1.165, 1.54) is 19.2 Å². The molecular formula is C18H20ClNO4. The molecule has 0 amide bonds. The summed E-state index contributed by atoms with van der Waals surface area (Å²) in [5, 5.41) is 0.273. The van der Waals surface area contributed by atoms with Crippen LogP contribution in [0.4, 0.5) is 5.69 Å². The van der Waals surface area contributed by atoms with Crippen molar-refractivity contribution in [1.29, 1.82) is 0 Å². The van der Waals surface area contributed by atoms with Gasteiger partial charge in [-0.15, -0.1) is 0 Å². The number of hydrogen-bond acceptors (Lipinski definition) is 5. The van der Waals surface area contributed by atoms with E-state index >= 15 is 0 Å². The highest BCUT2D eigenvalue weighted by Crippen LogP contribution is 2.29. The average Bonchev–Trinajstić information content (AvgIpc) is 2.55. The first kappa shape index (κ1) is 17.9. The van der Waals surface area contributed by atoms with E-state index in [0.717, 1.165) is 16.9 Å². The second-order valence-electron chi connectivity index (χ2n) is 5.28. The number of rotatable bonds is 6. The normalized spacial score (nSPS) is 10.3. The number of nitrogens with two attached hydrogens (primary N) is 1. The highest BCUT2D eigenvalue weighted by atomic mass is 35.5. The molecule has 0 fully saturated rings. The van der Waals surface area contributed by atoms with Crippen LogP contribution in [0.3, 0.4) is 0 Å². The fraction of sp³-hybridized carbons (Fsp3) is 0.278. The zero-order chi connectivity index (χ0) is 17.7. The lowest BCUT2D eigenvalue weighted by Crippen LogP contribution is -2.14. The van der Waals surface area contributed by atoms with Gasteiger partial charge < -0.3 is 19.9 Å². The Kier molecular flexibility index (Phi) is 5.93. The van der Waals surface area contributed by atoms with E-state index in [9.17, 15) is 4.79 Å². The van der Waals surface area contributed by atoms with Crippen LogP contribution in [0.2, 0.25) is 5.02 Å². The van der Waals surface area contributed by atoms with E-state index in [0.29, 0.717) is 11.4 Å². The molecule has 0 bridgehead atoms. The molecule has 0 saturated carbocycles. The van der Waals surface area contributed by atoms with Gasteiger partial charge in [0.1, 0.15) is 30.3 Å². The van der Waals surface area contributed by atoms with Crippen LogP contribution in [0, 0.1) is 13.8 Å². The molecule has 24 heavy (non-hydrogen) atoms. The Morgan fingerprint density at radius 2 is 1.83 bits per heavy atom. The zero-order valence-electron chi connectivity index (χ0n) is 13.9. The lowest BCUT2D eigenvalue weighted by molar-refractivity contribution is 0.0446. The van der Waals surface area contributed by atoms with Gasteiger partial charge in [0, 0.05) is 6.07 Å². The molecule has 0 aliphatic rings. The summed E-state index contributed by atoms with van der Waals surface area (Å²) in [5.41, 5.74) is 8.33. The van der Waals surface area contributed by atoms with Crippen LogP contribution in [-0.4, -0.2) is 26.3 Å². The van der Waals surface area contributed by atoms with E-state index in [-0.39, 0.29) is 23.8 Å². The predicted molar refractivity (Wildman–Crippen MR) is 94.1 cm³/mol. The van der Waals surface area contributed by atoms with Crippen LogP contribution in [0.25, 0.3) is 0 Å². The number of halogens is 1. The van der Waals surface area contributed by atoms with Crippen LogP contribution in [0.1, 0.15) is 21.5 Å². The summed E-state index contributed by atoms with van der Waals surface area (Å²) in [7, 11) is 1.45. The molecular weight excluding hydrogens is 330 g/mol. The van der Waals surface area contributed by atoms with Gasteiger partial charge in [-0.3, -0.25) is 0 Å². The highest BCUT2D eigenvalue weighted by Gasteiger charge is 2.16. The van der Waals surface area contributed by atoms with Gasteiger partial charge in [0.05, 0.1) is 17.8 Å². The number of ether oxygens (including phenoxy) is 3. The number of aryl methyl sites for hydroxylation is 2. The van der Waals surface area contributed by atoms with Crippen LogP contribution >= 0.6 is 11.6 Å². The molecule has 0 heterocycles. The summed E-state index contributed by atoms with van der Waals surface area (Å²) in [6, 6.07) is 8.83. The van der Waals surface area contributed by atoms with Gasteiger partial charge in [0.25, 0.3) is 0 Å². The van der Waals surface area contributed by atoms with Crippen molar-refractivity contribution >= 4 is 23.3 Å². The standard InChI is InChI=1S/C18H20ClNO4/c1-11-5-4-6-12(2)17(11)23-7-8-24-18(21)13-9-14(19)15(20)10-16(13)22-3/h4-6,9-10H,7-8,20H2,1-3H3. The van der Waals surface area contributed by atoms with Crippen molar-refractivity contribution in [2.45, 2.75) is 13.8 Å². The largest absolute Gasteiger partial charge is 0.496 e. The number of anilines is 1. The first-order valence-electron chi connectivity index (χ1n) is 7.43. The Balaban J connectivity index is 1.96. The van der Waals surface area contributed by atoms with E-state index in [4.69, 9.17) is 31.5 Å². The minimum Gasteiger partial charge on any atom is -0.496 e.